The molecule has 1 saturated heterocycles. The normalized spacial score (nSPS) is 20.2. The van der Waals surface area contributed by atoms with Crippen LogP contribution in [0.5, 0.6) is 0 Å². The zero-order chi connectivity index (χ0) is 11.7. The van der Waals surface area contributed by atoms with Crippen LogP contribution in [-0.2, 0) is 9.59 Å². The lowest BCUT2D eigenvalue weighted by Gasteiger charge is -2.15. The number of carbonyl (C=O) groups excluding carboxylic acids is 2. The average molecular weight is 285 g/mol. The third-order valence-electron chi connectivity index (χ3n) is 2.43. The molecule has 1 aliphatic heterocycles. The standard InChI is InChI=1S/C9H9BrN4O2/c10-6-2-12-4-13-9(6)14-3-5(8(11)16)1-7(14)15/h2,4-5H,1,3H2,(H2,11,16). The molecule has 1 aromatic heterocycles. The first kappa shape index (κ1) is 11.0. The fourth-order valence-corrected chi connectivity index (χ4v) is 2.04. The van der Waals surface area contributed by atoms with Gasteiger partial charge in [-0.2, -0.15) is 0 Å². The molecule has 0 saturated carbocycles. The van der Waals surface area contributed by atoms with Crippen molar-refractivity contribution in [3.05, 3.63) is 17.0 Å². The number of nitrogens with zero attached hydrogens (tertiary/aromatic N) is 3. The van der Waals surface area contributed by atoms with Gasteiger partial charge >= 0.3 is 0 Å². The predicted molar refractivity (Wildman–Crippen MR) is 59.4 cm³/mol. The number of carbonyl (C=O) groups is 2. The minimum absolute atomic E-state index is 0.145. The summed E-state index contributed by atoms with van der Waals surface area (Å²) in [6.45, 7) is 0.282. The van der Waals surface area contributed by atoms with Crippen LogP contribution in [0.15, 0.2) is 17.0 Å². The number of primary amides is 1. The van der Waals surface area contributed by atoms with Gasteiger partial charge in [0.15, 0.2) is 5.82 Å². The minimum Gasteiger partial charge on any atom is -0.369 e. The molecule has 16 heavy (non-hydrogen) atoms. The maximum atomic E-state index is 11.7. The van der Waals surface area contributed by atoms with Crippen molar-refractivity contribution < 1.29 is 9.59 Å². The van der Waals surface area contributed by atoms with Gasteiger partial charge in [-0.3, -0.25) is 14.5 Å². The van der Waals surface area contributed by atoms with Crippen molar-refractivity contribution in [1.82, 2.24) is 9.97 Å². The highest BCUT2D eigenvalue weighted by molar-refractivity contribution is 9.10. The highest BCUT2D eigenvalue weighted by atomic mass is 79.9. The van der Waals surface area contributed by atoms with Gasteiger partial charge in [0.05, 0.1) is 10.4 Å². The van der Waals surface area contributed by atoms with E-state index in [1.54, 1.807) is 6.20 Å². The van der Waals surface area contributed by atoms with E-state index in [1.165, 1.54) is 11.2 Å². The van der Waals surface area contributed by atoms with E-state index >= 15 is 0 Å². The van der Waals surface area contributed by atoms with Crippen LogP contribution in [0.1, 0.15) is 6.42 Å². The van der Waals surface area contributed by atoms with Gasteiger partial charge in [-0.1, -0.05) is 0 Å². The van der Waals surface area contributed by atoms with Crippen LogP contribution in [-0.4, -0.2) is 28.3 Å². The fraction of sp³-hybridized carbons (Fsp3) is 0.333. The first-order valence-corrected chi connectivity index (χ1v) is 5.44. The summed E-state index contributed by atoms with van der Waals surface area (Å²) in [4.78, 5) is 31.9. The molecule has 1 unspecified atom stereocenters. The van der Waals surface area contributed by atoms with Gasteiger partial charge in [-0.25, -0.2) is 9.97 Å². The smallest absolute Gasteiger partial charge is 0.229 e. The Bertz CT molecular complexity index is 451. The monoisotopic (exact) mass is 284 g/mol. The first-order valence-electron chi connectivity index (χ1n) is 4.64. The van der Waals surface area contributed by atoms with E-state index in [0.29, 0.717) is 10.3 Å². The summed E-state index contributed by atoms with van der Waals surface area (Å²) in [5.74, 6) is -0.567. The Kier molecular flexibility index (Phi) is 2.86. The second-order valence-electron chi connectivity index (χ2n) is 3.50. The first-order chi connectivity index (χ1) is 7.59. The number of halogens is 1. The Morgan fingerprint density at radius 1 is 1.62 bits per heavy atom. The predicted octanol–water partition coefficient (Wildman–Crippen LogP) is 0.0773. The molecule has 1 aromatic rings. The molecule has 2 amide bonds. The van der Waals surface area contributed by atoms with Gasteiger partial charge in [-0.15, -0.1) is 0 Å². The van der Waals surface area contributed by atoms with Crippen molar-refractivity contribution in [2.75, 3.05) is 11.4 Å². The van der Waals surface area contributed by atoms with E-state index in [1.807, 2.05) is 0 Å². The van der Waals surface area contributed by atoms with E-state index in [2.05, 4.69) is 25.9 Å². The third kappa shape index (κ3) is 1.90. The molecule has 0 aromatic carbocycles. The molecule has 1 atom stereocenters. The summed E-state index contributed by atoms with van der Waals surface area (Å²) in [7, 11) is 0. The van der Waals surface area contributed by atoms with Crippen LogP contribution in [0.4, 0.5) is 5.82 Å². The quantitative estimate of drug-likeness (QED) is 0.833. The summed E-state index contributed by atoms with van der Waals surface area (Å²) in [5, 5.41) is 0. The lowest BCUT2D eigenvalue weighted by atomic mass is 10.1. The summed E-state index contributed by atoms with van der Waals surface area (Å²) < 4.78 is 0.619. The van der Waals surface area contributed by atoms with Crippen molar-refractivity contribution in [2.24, 2.45) is 11.7 Å². The lowest BCUT2D eigenvalue weighted by molar-refractivity contribution is -0.123. The molecule has 0 aliphatic carbocycles. The molecule has 1 fully saturated rings. The number of amides is 2. The molecule has 84 valence electrons. The highest BCUT2D eigenvalue weighted by Gasteiger charge is 2.35. The van der Waals surface area contributed by atoms with Crippen molar-refractivity contribution in [2.45, 2.75) is 6.42 Å². The van der Waals surface area contributed by atoms with Crippen molar-refractivity contribution in [3.8, 4) is 0 Å². The summed E-state index contributed by atoms with van der Waals surface area (Å²) in [6.07, 6.45) is 3.05. The van der Waals surface area contributed by atoms with E-state index < -0.39 is 11.8 Å². The van der Waals surface area contributed by atoms with Crippen molar-refractivity contribution in [1.29, 1.82) is 0 Å². The summed E-state index contributed by atoms with van der Waals surface area (Å²) >= 11 is 3.26. The largest absolute Gasteiger partial charge is 0.369 e. The molecule has 0 bridgehead atoms. The highest BCUT2D eigenvalue weighted by Crippen LogP contribution is 2.28. The fourth-order valence-electron chi connectivity index (χ4n) is 1.61. The van der Waals surface area contributed by atoms with Gasteiger partial charge in [0.25, 0.3) is 0 Å². The Morgan fingerprint density at radius 2 is 2.38 bits per heavy atom. The van der Waals surface area contributed by atoms with E-state index in [-0.39, 0.29) is 18.9 Å². The molecular weight excluding hydrogens is 276 g/mol. The minimum atomic E-state index is -0.457. The molecule has 2 rings (SSSR count). The maximum absolute atomic E-state index is 11.7. The van der Waals surface area contributed by atoms with E-state index in [4.69, 9.17) is 5.73 Å². The van der Waals surface area contributed by atoms with E-state index in [0.717, 1.165) is 0 Å². The lowest BCUT2D eigenvalue weighted by Crippen LogP contribution is -2.29. The summed E-state index contributed by atoms with van der Waals surface area (Å²) in [5.41, 5.74) is 5.18. The SMILES string of the molecule is NC(=O)C1CC(=O)N(c2ncncc2Br)C1. The van der Waals surface area contributed by atoms with Crippen LogP contribution in [0.3, 0.4) is 0 Å². The van der Waals surface area contributed by atoms with Crippen LogP contribution in [0, 0.1) is 5.92 Å². The Morgan fingerprint density at radius 3 is 2.94 bits per heavy atom. The number of anilines is 1. The molecule has 7 heteroatoms. The van der Waals surface area contributed by atoms with Gasteiger partial charge in [0.1, 0.15) is 6.33 Å². The number of rotatable bonds is 2. The number of aromatic nitrogens is 2. The Balaban J connectivity index is 2.27. The third-order valence-corrected chi connectivity index (χ3v) is 2.99. The molecule has 2 heterocycles. The molecule has 1 aliphatic rings. The maximum Gasteiger partial charge on any atom is 0.229 e. The van der Waals surface area contributed by atoms with E-state index in [9.17, 15) is 9.59 Å². The van der Waals surface area contributed by atoms with Gasteiger partial charge in [0, 0.05) is 19.2 Å². The van der Waals surface area contributed by atoms with Gasteiger partial charge in [0.2, 0.25) is 11.8 Å². The second-order valence-corrected chi connectivity index (χ2v) is 4.36. The second kappa shape index (κ2) is 4.17. The Hall–Kier alpha value is -1.50. The van der Waals surface area contributed by atoms with Crippen LogP contribution in [0.2, 0.25) is 0 Å². The molecule has 2 N–H and O–H groups in total. The topological polar surface area (TPSA) is 89.2 Å². The van der Waals surface area contributed by atoms with Gasteiger partial charge < -0.3 is 5.73 Å². The van der Waals surface area contributed by atoms with Crippen LogP contribution in [0.25, 0.3) is 0 Å². The zero-order valence-electron chi connectivity index (χ0n) is 8.26. The van der Waals surface area contributed by atoms with Gasteiger partial charge in [-0.05, 0) is 15.9 Å². The summed E-state index contributed by atoms with van der Waals surface area (Å²) in [6, 6.07) is 0. The number of hydrogen-bond acceptors (Lipinski definition) is 4. The van der Waals surface area contributed by atoms with Crippen LogP contribution >= 0.6 is 15.9 Å². The molecule has 6 nitrogen and oxygen atoms in total. The number of hydrogen-bond donors (Lipinski definition) is 1. The Labute approximate surface area is 100.0 Å². The van der Waals surface area contributed by atoms with Crippen molar-refractivity contribution in [3.63, 3.8) is 0 Å². The molecule has 0 spiro atoms. The molecular formula is C9H9BrN4O2. The molecule has 0 radical (unpaired) electrons. The van der Waals surface area contributed by atoms with Crippen molar-refractivity contribution >= 4 is 33.6 Å². The zero-order valence-corrected chi connectivity index (χ0v) is 9.85. The number of nitrogens with two attached hydrogens (primary N) is 1. The van der Waals surface area contributed by atoms with Crippen LogP contribution < -0.4 is 10.6 Å². The average Bonchev–Trinajstić information content (AvgIpc) is 2.61.